The molecule has 4 N–H and O–H groups in total. The molecule has 1 heterocycles. The molecule has 0 saturated carbocycles. The van der Waals surface area contributed by atoms with Gasteiger partial charge in [0.1, 0.15) is 0 Å². The van der Waals surface area contributed by atoms with Crippen LogP contribution in [-0.4, -0.2) is 19.2 Å². The molecule has 0 aromatic heterocycles. The first-order chi connectivity index (χ1) is 11.9. The Bertz CT molecular complexity index is 958. The van der Waals surface area contributed by atoms with E-state index in [2.05, 4.69) is 9.93 Å². The smallest absolute Gasteiger partial charge is 0.276 e. The molecule has 2 aromatic rings. The highest BCUT2D eigenvalue weighted by Gasteiger charge is 2.34. The van der Waals surface area contributed by atoms with E-state index < -0.39 is 21.9 Å². The van der Waals surface area contributed by atoms with E-state index in [0.29, 0.717) is 10.6 Å². The van der Waals surface area contributed by atoms with Crippen molar-refractivity contribution in [2.75, 3.05) is 0 Å². The lowest BCUT2D eigenvalue weighted by Crippen LogP contribution is -2.22. The third-order valence-electron chi connectivity index (χ3n) is 3.46. The number of aliphatic hydroxyl groups excluding tert-OH is 1. The number of hydrogen-bond donors (Lipinski definition) is 3. The lowest BCUT2D eigenvalue weighted by atomic mass is 10.1. The molecule has 1 unspecified atom stereocenters. The fourth-order valence-electron chi connectivity index (χ4n) is 2.26. The van der Waals surface area contributed by atoms with Crippen LogP contribution >= 0.6 is 11.6 Å². The van der Waals surface area contributed by atoms with E-state index in [1.165, 1.54) is 12.1 Å². The molecule has 0 spiro atoms. The molecule has 0 fully saturated rings. The van der Waals surface area contributed by atoms with Crippen molar-refractivity contribution in [2.45, 2.75) is 11.0 Å². The summed E-state index contributed by atoms with van der Waals surface area (Å²) in [6.45, 7) is 0. The topological polar surface area (TPSA) is 114 Å². The standard InChI is InChI=1S/C16H14ClN3O4S/c17-11-6-4-5-10(9-11)15-13(14(21)16(18)24-15)19-20-25(22,23)12-7-2-1-3-8-12/h1-9,15,20-21H,18H2/b19-13-. The molecule has 7 nitrogen and oxygen atoms in total. The van der Waals surface area contributed by atoms with Gasteiger partial charge in [-0.25, -0.2) is 0 Å². The summed E-state index contributed by atoms with van der Waals surface area (Å²) in [5.74, 6) is -0.677. The monoisotopic (exact) mass is 379 g/mol. The Morgan fingerprint density at radius 1 is 1.16 bits per heavy atom. The van der Waals surface area contributed by atoms with Crippen molar-refractivity contribution in [2.24, 2.45) is 10.8 Å². The second-order valence-corrected chi connectivity index (χ2v) is 7.27. The van der Waals surface area contributed by atoms with Gasteiger partial charge in [0, 0.05) is 10.6 Å². The van der Waals surface area contributed by atoms with Crippen molar-refractivity contribution in [3.63, 3.8) is 0 Å². The molecule has 0 amide bonds. The number of aliphatic hydroxyl groups is 1. The summed E-state index contributed by atoms with van der Waals surface area (Å²) in [6, 6.07) is 14.4. The molecule has 9 heteroatoms. The molecule has 130 valence electrons. The number of benzene rings is 2. The number of halogens is 1. The average Bonchev–Trinajstić information content (AvgIpc) is 2.89. The van der Waals surface area contributed by atoms with Crippen molar-refractivity contribution in [1.82, 2.24) is 4.83 Å². The first kappa shape index (κ1) is 17.1. The van der Waals surface area contributed by atoms with Crippen LogP contribution in [0.2, 0.25) is 5.02 Å². The number of ether oxygens (including phenoxy) is 1. The Morgan fingerprint density at radius 3 is 2.56 bits per heavy atom. The summed E-state index contributed by atoms with van der Waals surface area (Å²) in [7, 11) is -3.90. The fourth-order valence-corrected chi connectivity index (χ4v) is 3.30. The van der Waals surface area contributed by atoms with Gasteiger partial charge in [0.25, 0.3) is 10.0 Å². The quantitative estimate of drug-likeness (QED) is 0.706. The van der Waals surface area contributed by atoms with Crippen LogP contribution in [0.1, 0.15) is 11.7 Å². The van der Waals surface area contributed by atoms with Crippen molar-refractivity contribution < 1.29 is 18.3 Å². The summed E-state index contributed by atoms with van der Waals surface area (Å²) in [6.07, 6.45) is -0.878. The van der Waals surface area contributed by atoms with E-state index in [4.69, 9.17) is 22.1 Å². The molecule has 25 heavy (non-hydrogen) atoms. The summed E-state index contributed by atoms with van der Waals surface area (Å²) < 4.78 is 29.9. The molecule has 0 aliphatic carbocycles. The normalized spacial score (nSPS) is 19.1. The van der Waals surface area contributed by atoms with Crippen molar-refractivity contribution in [3.8, 4) is 0 Å². The Balaban J connectivity index is 1.93. The Labute approximate surface area is 149 Å². The summed E-state index contributed by atoms with van der Waals surface area (Å²) in [4.78, 5) is 2.12. The van der Waals surface area contributed by atoms with Crippen LogP contribution in [0, 0.1) is 0 Å². The number of nitrogens with two attached hydrogens (primary N) is 1. The van der Waals surface area contributed by atoms with Gasteiger partial charge in [-0.15, -0.1) is 0 Å². The van der Waals surface area contributed by atoms with Crippen molar-refractivity contribution in [3.05, 3.63) is 76.8 Å². The zero-order valence-electron chi connectivity index (χ0n) is 12.8. The third-order valence-corrected chi connectivity index (χ3v) is 4.92. The average molecular weight is 380 g/mol. The predicted molar refractivity (Wildman–Crippen MR) is 93.3 cm³/mol. The Kier molecular flexibility index (Phi) is 4.56. The highest BCUT2D eigenvalue weighted by molar-refractivity contribution is 7.89. The van der Waals surface area contributed by atoms with Crippen LogP contribution in [0.5, 0.6) is 0 Å². The number of rotatable bonds is 4. The molecule has 3 rings (SSSR count). The first-order valence-corrected chi connectivity index (χ1v) is 9.00. The largest absolute Gasteiger partial charge is 0.502 e. The van der Waals surface area contributed by atoms with Crippen LogP contribution < -0.4 is 10.6 Å². The highest BCUT2D eigenvalue weighted by atomic mass is 35.5. The maximum absolute atomic E-state index is 12.3. The number of sulfonamides is 1. The molecule has 0 saturated heterocycles. The van der Waals surface area contributed by atoms with Crippen LogP contribution in [0.25, 0.3) is 0 Å². The minimum absolute atomic E-state index is 0.0361. The maximum atomic E-state index is 12.3. The lowest BCUT2D eigenvalue weighted by Gasteiger charge is -2.13. The molecular formula is C16H14ClN3O4S. The highest BCUT2D eigenvalue weighted by Crippen LogP contribution is 2.31. The van der Waals surface area contributed by atoms with Crippen LogP contribution in [0.15, 0.2) is 76.2 Å². The molecule has 0 radical (unpaired) electrons. The molecule has 0 bridgehead atoms. The minimum Gasteiger partial charge on any atom is -0.502 e. The first-order valence-electron chi connectivity index (χ1n) is 7.14. The van der Waals surface area contributed by atoms with Gasteiger partial charge in [-0.2, -0.15) is 18.4 Å². The van der Waals surface area contributed by atoms with Gasteiger partial charge in [-0.1, -0.05) is 41.9 Å². The van der Waals surface area contributed by atoms with Gasteiger partial charge in [0.2, 0.25) is 11.6 Å². The summed E-state index contributed by atoms with van der Waals surface area (Å²) >= 11 is 5.96. The van der Waals surface area contributed by atoms with E-state index in [0.717, 1.165) is 0 Å². The molecule has 2 aromatic carbocycles. The molecule has 1 aliphatic heterocycles. The van der Waals surface area contributed by atoms with E-state index in [9.17, 15) is 13.5 Å². The minimum atomic E-state index is -3.90. The van der Waals surface area contributed by atoms with E-state index in [-0.39, 0.29) is 16.5 Å². The second-order valence-electron chi connectivity index (χ2n) is 5.17. The second kappa shape index (κ2) is 6.66. The maximum Gasteiger partial charge on any atom is 0.276 e. The predicted octanol–water partition coefficient (Wildman–Crippen LogP) is 2.43. The zero-order valence-corrected chi connectivity index (χ0v) is 14.3. The van der Waals surface area contributed by atoms with Crippen LogP contribution in [-0.2, 0) is 14.8 Å². The van der Waals surface area contributed by atoms with Gasteiger partial charge in [-0.05, 0) is 24.3 Å². The number of nitrogens with one attached hydrogen (secondary N) is 1. The van der Waals surface area contributed by atoms with Gasteiger partial charge in [0.05, 0.1) is 4.90 Å². The zero-order chi connectivity index (χ0) is 18.0. The number of nitrogens with zero attached hydrogens (tertiary/aromatic N) is 1. The summed E-state index contributed by atoms with van der Waals surface area (Å²) in [5, 5.41) is 14.3. The molecular weight excluding hydrogens is 366 g/mol. The van der Waals surface area contributed by atoms with Gasteiger partial charge >= 0.3 is 0 Å². The van der Waals surface area contributed by atoms with Crippen LogP contribution in [0.3, 0.4) is 0 Å². The van der Waals surface area contributed by atoms with Crippen LogP contribution in [0.4, 0.5) is 0 Å². The van der Waals surface area contributed by atoms with E-state index in [1.54, 1.807) is 42.5 Å². The Morgan fingerprint density at radius 2 is 1.88 bits per heavy atom. The fraction of sp³-hybridized carbons (Fsp3) is 0.0625. The van der Waals surface area contributed by atoms with E-state index in [1.807, 2.05) is 0 Å². The van der Waals surface area contributed by atoms with E-state index >= 15 is 0 Å². The Hall–Kier alpha value is -2.71. The summed E-state index contributed by atoms with van der Waals surface area (Å²) in [5.41, 5.74) is 6.11. The number of hydrazone groups is 1. The third kappa shape index (κ3) is 3.54. The van der Waals surface area contributed by atoms with Crippen molar-refractivity contribution >= 4 is 27.3 Å². The van der Waals surface area contributed by atoms with Gasteiger partial charge < -0.3 is 15.6 Å². The molecule has 1 aliphatic rings. The molecule has 1 atom stereocenters. The van der Waals surface area contributed by atoms with Gasteiger partial charge in [-0.3, -0.25) is 0 Å². The SMILES string of the molecule is NC1=C(O)/C(=N/NS(=O)(=O)c2ccccc2)C(c2cccc(Cl)c2)O1. The number of hydrogen-bond acceptors (Lipinski definition) is 6. The lowest BCUT2D eigenvalue weighted by molar-refractivity contribution is 0.179. The van der Waals surface area contributed by atoms with Gasteiger partial charge in [0.15, 0.2) is 11.8 Å². The van der Waals surface area contributed by atoms with Crippen molar-refractivity contribution in [1.29, 1.82) is 0 Å².